The lowest BCUT2D eigenvalue weighted by atomic mass is 9.87. The predicted octanol–water partition coefficient (Wildman–Crippen LogP) is 3.77. The first kappa shape index (κ1) is 22.8. The lowest BCUT2D eigenvalue weighted by Gasteiger charge is -2.20. The fourth-order valence-electron chi connectivity index (χ4n) is 2.12. The van der Waals surface area contributed by atoms with E-state index in [1.807, 2.05) is 6.07 Å². The van der Waals surface area contributed by atoms with Crippen molar-refractivity contribution in [2.45, 2.75) is 51.3 Å². The molecule has 0 fully saturated rings. The third kappa shape index (κ3) is 8.41. The first-order valence-electron chi connectivity index (χ1n) is 8.72. The highest BCUT2D eigenvalue weighted by molar-refractivity contribution is 9.10. The van der Waals surface area contributed by atoms with E-state index in [0.29, 0.717) is 32.5 Å². The Morgan fingerprint density at radius 1 is 1.23 bits per heavy atom. The van der Waals surface area contributed by atoms with Gasteiger partial charge in [0.25, 0.3) is 0 Å². The number of ether oxygens (including phenoxy) is 1. The number of alkyl halides is 1. The summed E-state index contributed by atoms with van der Waals surface area (Å²) < 4.78 is 6.66. The molecule has 1 unspecified atom stereocenters. The molecular formula is C19H28BrClN2O3. The van der Waals surface area contributed by atoms with Crippen molar-refractivity contribution in [2.24, 2.45) is 0 Å². The topological polar surface area (TPSA) is 67.4 Å². The molecule has 1 aromatic carbocycles. The number of benzene rings is 1. The van der Waals surface area contributed by atoms with Crippen LogP contribution in [0.15, 0.2) is 22.7 Å². The largest absolute Gasteiger partial charge is 0.492 e. The van der Waals surface area contributed by atoms with Crippen molar-refractivity contribution < 1.29 is 14.3 Å². The second kappa shape index (κ2) is 10.8. The Kier molecular flexibility index (Phi) is 9.44. The Hall–Kier alpha value is -1.27. The zero-order valence-electron chi connectivity index (χ0n) is 15.8. The molecular weight excluding hydrogens is 420 g/mol. The number of rotatable bonds is 9. The molecule has 1 atom stereocenters. The molecule has 26 heavy (non-hydrogen) atoms. The minimum absolute atomic E-state index is 0.0658. The molecule has 1 rings (SSSR count). The molecule has 0 saturated carbocycles. The van der Waals surface area contributed by atoms with Crippen LogP contribution < -0.4 is 15.4 Å². The van der Waals surface area contributed by atoms with Gasteiger partial charge in [-0.05, 0) is 52.4 Å². The second-order valence-electron chi connectivity index (χ2n) is 7.10. The summed E-state index contributed by atoms with van der Waals surface area (Å²) in [4.78, 5) is 23.0. The number of hydrogen-bond donors (Lipinski definition) is 2. The van der Waals surface area contributed by atoms with Crippen LogP contribution in [0.5, 0.6) is 5.75 Å². The van der Waals surface area contributed by atoms with Crippen molar-refractivity contribution in [1.82, 2.24) is 10.6 Å². The fraction of sp³-hybridized carbons (Fsp3) is 0.579. The van der Waals surface area contributed by atoms with Crippen LogP contribution in [0.1, 0.15) is 46.1 Å². The third-order valence-corrected chi connectivity index (χ3v) is 4.53. The van der Waals surface area contributed by atoms with Gasteiger partial charge in [-0.2, -0.15) is 0 Å². The van der Waals surface area contributed by atoms with Gasteiger partial charge >= 0.3 is 0 Å². The first-order chi connectivity index (χ1) is 12.1. The van der Waals surface area contributed by atoms with Gasteiger partial charge in [0.15, 0.2) is 0 Å². The van der Waals surface area contributed by atoms with E-state index in [1.165, 1.54) is 5.56 Å². The molecule has 2 N–H and O–H groups in total. The number of nitrogens with one attached hydrogen (secondary N) is 2. The van der Waals surface area contributed by atoms with Gasteiger partial charge in [0.2, 0.25) is 11.8 Å². The Bertz CT molecular complexity index is 615. The Labute approximate surface area is 169 Å². The molecule has 2 amide bonds. The van der Waals surface area contributed by atoms with E-state index < -0.39 is 5.38 Å². The summed E-state index contributed by atoms with van der Waals surface area (Å²) in [5, 5.41) is 4.81. The van der Waals surface area contributed by atoms with Gasteiger partial charge in [0.1, 0.15) is 11.1 Å². The molecule has 0 aliphatic rings. The maximum absolute atomic E-state index is 11.7. The standard InChI is InChI=1S/C19H28BrClN2O3/c1-13(21)18(25)23-10-9-22-17(24)6-5-11-26-16-8-7-14(12-15(16)20)19(2,3)4/h7-8,12-13H,5-6,9-11H2,1-4H3,(H,22,24)(H,23,25). The van der Waals surface area contributed by atoms with E-state index in [2.05, 4.69) is 59.5 Å². The van der Waals surface area contributed by atoms with Gasteiger partial charge in [-0.1, -0.05) is 26.8 Å². The van der Waals surface area contributed by atoms with Crippen LogP contribution >= 0.6 is 27.5 Å². The molecule has 146 valence electrons. The molecule has 0 aliphatic carbocycles. The summed E-state index contributed by atoms with van der Waals surface area (Å²) >= 11 is 9.17. The third-order valence-electron chi connectivity index (χ3n) is 3.71. The lowest BCUT2D eigenvalue weighted by Crippen LogP contribution is -2.37. The van der Waals surface area contributed by atoms with Crippen molar-refractivity contribution in [3.63, 3.8) is 0 Å². The normalized spacial score (nSPS) is 12.4. The molecule has 0 aliphatic heterocycles. The van der Waals surface area contributed by atoms with Gasteiger partial charge in [-0.15, -0.1) is 11.6 Å². The van der Waals surface area contributed by atoms with E-state index in [9.17, 15) is 9.59 Å². The van der Waals surface area contributed by atoms with Crippen LogP contribution in [-0.2, 0) is 15.0 Å². The fourth-order valence-corrected chi connectivity index (χ4v) is 2.69. The van der Waals surface area contributed by atoms with Crippen LogP contribution in [0.4, 0.5) is 0 Å². The zero-order chi connectivity index (χ0) is 19.7. The first-order valence-corrected chi connectivity index (χ1v) is 9.95. The summed E-state index contributed by atoms with van der Waals surface area (Å²) in [6.07, 6.45) is 0.988. The minimum atomic E-state index is -0.570. The van der Waals surface area contributed by atoms with E-state index in [0.717, 1.165) is 10.2 Å². The molecule has 0 radical (unpaired) electrons. The molecule has 0 bridgehead atoms. The number of amides is 2. The highest BCUT2D eigenvalue weighted by Crippen LogP contribution is 2.31. The second-order valence-corrected chi connectivity index (χ2v) is 8.61. The Balaban J connectivity index is 2.24. The van der Waals surface area contributed by atoms with Crippen molar-refractivity contribution in [1.29, 1.82) is 0 Å². The number of hydrogen-bond acceptors (Lipinski definition) is 3. The SMILES string of the molecule is CC(Cl)C(=O)NCCNC(=O)CCCOc1ccc(C(C)(C)C)cc1Br. The Morgan fingerprint density at radius 3 is 2.46 bits per heavy atom. The van der Waals surface area contributed by atoms with Gasteiger partial charge < -0.3 is 15.4 Å². The molecule has 0 heterocycles. The maximum atomic E-state index is 11.7. The van der Waals surface area contributed by atoms with E-state index in [1.54, 1.807) is 6.92 Å². The zero-order valence-corrected chi connectivity index (χ0v) is 18.2. The number of halogens is 2. The van der Waals surface area contributed by atoms with E-state index >= 15 is 0 Å². The Morgan fingerprint density at radius 2 is 1.88 bits per heavy atom. The van der Waals surface area contributed by atoms with E-state index in [4.69, 9.17) is 16.3 Å². The monoisotopic (exact) mass is 446 g/mol. The highest BCUT2D eigenvalue weighted by atomic mass is 79.9. The molecule has 0 saturated heterocycles. The summed E-state index contributed by atoms with van der Waals surface area (Å²) in [6, 6.07) is 6.08. The number of carbonyl (C=O) groups is 2. The maximum Gasteiger partial charge on any atom is 0.237 e. The van der Waals surface area contributed by atoms with E-state index in [-0.39, 0.29) is 17.2 Å². The van der Waals surface area contributed by atoms with Crippen LogP contribution in [0.3, 0.4) is 0 Å². The van der Waals surface area contributed by atoms with Crippen LogP contribution in [-0.4, -0.2) is 36.9 Å². The highest BCUT2D eigenvalue weighted by Gasteiger charge is 2.15. The van der Waals surface area contributed by atoms with Crippen molar-refractivity contribution in [3.05, 3.63) is 28.2 Å². The lowest BCUT2D eigenvalue weighted by molar-refractivity contribution is -0.122. The summed E-state index contributed by atoms with van der Waals surface area (Å²) in [7, 11) is 0. The van der Waals surface area contributed by atoms with Crippen LogP contribution in [0.2, 0.25) is 0 Å². The quantitative estimate of drug-likeness (QED) is 0.447. The smallest absolute Gasteiger partial charge is 0.237 e. The minimum Gasteiger partial charge on any atom is -0.492 e. The van der Waals surface area contributed by atoms with Gasteiger partial charge in [0, 0.05) is 19.5 Å². The van der Waals surface area contributed by atoms with Crippen molar-refractivity contribution >= 4 is 39.3 Å². The molecule has 0 aromatic heterocycles. The number of carbonyl (C=O) groups excluding carboxylic acids is 2. The molecule has 1 aromatic rings. The van der Waals surface area contributed by atoms with Crippen molar-refractivity contribution in [2.75, 3.05) is 19.7 Å². The summed E-state index contributed by atoms with van der Waals surface area (Å²) in [5.74, 6) is 0.470. The van der Waals surface area contributed by atoms with Crippen LogP contribution in [0, 0.1) is 0 Å². The predicted molar refractivity (Wildman–Crippen MR) is 109 cm³/mol. The summed E-state index contributed by atoms with van der Waals surface area (Å²) in [6.45, 7) is 9.30. The molecule has 0 spiro atoms. The van der Waals surface area contributed by atoms with Gasteiger partial charge in [-0.3, -0.25) is 9.59 Å². The molecule has 5 nitrogen and oxygen atoms in total. The van der Waals surface area contributed by atoms with Crippen molar-refractivity contribution in [3.8, 4) is 5.75 Å². The summed E-state index contributed by atoms with van der Waals surface area (Å²) in [5.41, 5.74) is 1.31. The van der Waals surface area contributed by atoms with Gasteiger partial charge in [0.05, 0.1) is 11.1 Å². The average Bonchev–Trinajstić information content (AvgIpc) is 2.55. The molecule has 7 heteroatoms. The van der Waals surface area contributed by atoms with Gasteiger partial charge in [-0.25, -0.2) is 0 Å². The van der Waals surface area contributed by atoms with Crippen LogP contribution in [0.25, 0.3) is 0 Å². The average molecular weight is 448 g/mol.